The number of piperidine rings is 1. The summed E-state index contributed by atoms with van der Waals surface area (Å²) in [6.07, 6.45) is -4.37. The number of anilines is 1. The van der Waals surface area contributed by atoms with Crippen molar-refractivity contribution in [3.8, 4) is 5.75 Å². The first-order chi connectivity index (χ1) is 20.1. The van der Waals surface area contributed by atoms with Crippen LogP contribution in [0.25, 0.3) is 0 Å². The average molecular weight is 625 g/mol. The Hall–Kier alpha value is -3.49. The van der Waals surface area contributed by atoms with Crippen LogP contribution in [0.3, 0.4) is 0 Å². The van der Waals surface area contributed by atoms with E-state index in [2.05, 4.69) is 15.0 Å². The lowest BCUT2D eigenvalue weighted by Crippen LogP contribution is -2.50. The summed E-state index contributed by atoms with van der Waals surface area (Å²) in [6, 6.07) is 10.5. The number of aryl methyl sites for hydroxylation is 2. The van der Waals surface area contributed by atoms with Crippen molar-refractivity contribution in [1.29, 1.82) is 0 Å². The number of sulfonamides is 1. The molecule has 1 saturated heterocycles. The molecule has 2 amide bonds. The van der Waals surface area contributed by atoms with Gasteiger partial charge in [-0.3, -0.25) is 14.6 Å². The number of carbonyl (C=O) groups is 2. The van der Waals surface area contributed by atoms with Gasteiger partial charge in [-0.25, -0.2) is 12.7 Å². The van der Waals surface area contributed by atoms with Gasteiger partial charge >= 0.3 is 6.36 Å². The molecule has 1 spiro atoms. The quantitative estimate of drug-likeness (QED) is 0.418. The van der Waals surface area contributed by atoms with Gasteiger partial charge in [-0.1, -0.05) is 32.0 Å². The Morgan fingerprint density at radius 3 is 2.49 bits per heavy atom. The second kappa shape index (κ2) is 12.6. The van der Waals surface area contributed by atoms with Gasteiger partial charge < -0.3 is 20.1 Å². The number of nitrogens with one attached hydrogen (secondary N) is 1. The van der Waals surface area contributed by atoms with Gasteiger partial charge in [0.2, 0.25) is 15.9 Å². The predicted octanol–water partition coefficient (Wildman–Crippen LogP) is 3.16. The lowest BCUT2D eigenvalue weighted by molar-refractivity contribution is -0.274. The fraction of sp³-hybridized carbons (Fsp3) is 0.483. The highest BCUT2D eigenvalue weighted by Gasteiger charge is 2.47. The first-order valence-corrected chi connectivity index (χ1v) is 15.5. The Morgan fingerprint density at radius 2 is 1.88 bits per heavy atom. The fourth-order valence-corrected chi connectivity index (χ4v) is 6.72. The number of nitrogens with zero attached hydrogens (tertiary/aromatic N) is 3. The molecule has 0 unspecified atom stereocenters. The van der Waals surface area contributed by atoms with Crippen molar-refractivity contribution in [2.24, 2.45) is 10.9 Å². The molecule has 2 heterocycles. The molecule has 4 rings (SSSR count). The molecule has 0 bridgehead atoms. The number of amidine groups is 1. The third-order valence-electron chi connectivity index (χ3n) is 7.62. The van der Waals surface area contributed by atoms with Crippen molar-refractivity contribution in [3.05, 3.63) is 59.2 Å². The van der Waals surface area contributed by atoms with Gasteiger partial charge in [0, 0.05) is 36.8 Å². The zero-order valence-electron chi connectivity index (χ0n) is 24.1. The maximum absolute atomic E-state index is 13.2. The first kappa shape index (κ1) is 32.4. The number of benzene rings is 2. The van der Waals surface area contributed by atoms with E-state index >= 15 is 0 Å². The number of hydrogen-bond acceptors (Lipinski definition) is 7. The third-order valence-corrected chi connectivity index (χ3v) is 9.49. The topological polar surface area (TPSA) is 129 Å². The monoisotopic (exact) mass is 624 g/mol. The molecule has 0 aromatic heterocycles. The van der Waals surface area contributed by atoms with E-state index in [0.717, 1.165) is 23.3 Å². The minimum atomic E-state index is -4.86. The maximum Gasteiger partial charge on any atom is 0.573 e. The summed E-state index contributed by atoms with van der Waals surface area (Å²) in [4.78, 5) is 31.5. The summed E-state index contributed by atoms with van der Waals surface area (Å²) in [6.45, 7) is 5.50. The summed E-state index contributed by atoms with van der Waals surface area (Å²) in [5, 5.41) is 12.0. The Kier molecular flexibility index (Phi) is 9.52. The molecule has 0 atom stereocenters. The Labute approximate surface area is 248 Å². The van der Waals surface area contributed by atoms with Crippen molar-refractivity contribution in [2.45, 2.75) is 51.9 Å². The van der Waals surface area contributed by atoms with Crippen LogP contribution in [-0.4, -0.2) is 79.4 Å². The Morgan fingerprint density at radius 1 is 1.19 bits per heavy atom. The summed E-state index contributed by atoms with van der Waals surface area (Å²) >= 11 is 0. The molecular weight excluding hydrogens is 589 g/mol. The number of aliphatic imine (C=N–C) groups is 1. The van der Waals surface area contributed by atoms with Gasteiger partial charge in [0.05, 0.1) is 12.4 Å². The smallest absolute Gasteiger partial charge is 0.406 e. The van der Waals surface area contributed by atoms with Crippen molar-refractivity contribution < 1.29 is 41.0 Å². The van der Waals surface area contributed by atoms with E-state index in [4.69, 9.17) is 0 Å². The molecule has 2 aromatic rings. The number of ether oxygens (including phenoxy) is 1. The Bertz CT molecular complexity index is 1500. The minimum absolute atomic E-state index is 0.0646. The van der Waals surface area contributed by atoms with Crippen LogP contribution < -0.4 is 15.0 Å². The van der Waals surface area contributed by atoms with E-state index in [9.17, 15) is 36.3 Å². The van der Waals surface area contributed by atoms with E-state index in [0.29, 0.717) is 5.69 Å². The van der Waals surface area contributed by atoms with E-state index in [1.54, 1.807) is 26.0 Å². The van der Waals surface area contributed by atoms with E-state index in [1.165, 1.54) is 21.3 Å². The SMILES string of the molecule is Cc1cc(N(CCO)C(=O)C(C)C)ccc1CCS(=O)(=O)N1CCC2(CC1)N=C(c1cccc(OC(F)(F)F)c1)NC2=O. The lowest BCUT2D eigenvalue weighted by atomic mass is 9.89. The van der Waals surface area contributed by atoms with Gasteiger partial charge in [-0.05, 0) is 61.6 Å². The lowest BCUT2D eigenvalue weighted by Gasteiger charge is -2.34. The van der Waals surface area contributed by atoms with Crippen molar-refractivity contribution >= 4 is 33.4 Å². The summed E-state index contributed by atoms with van der Waals surface area (Å²) in [7, 11) is -3.68. The summed E-state index contributed by atoms with van der Waals surface area (Å²) in [5.74, 6) is -1.29. The molecule has 0 radical (unpaired) electrons. The van der Waals surface area contributed by atoms with Crippen molar-refractivity contribution in [2.75, 3.05) is 36.9 Å². The highest BCUT2D eigenvalue weighted by molar-refractivity contribution is 7.89. The number of aliphatic hydroxyl groups excluding tert-OH is 1. The van der Waals surface area contributed by atoms with Gasteiger partial charge in [0.1, 0.15) is 17.1 Å². The van der Waals surface area contributed by atoms with Gasteiger partial charge in [-0.15, -0.1) is 13.2 Å². The molecule has 10 nitrogen and oxygen atoms in total. The molecule has 234 valence electrons. The zero-order valence-corrected chi connectivity index (χ0v) is 25.0. The molecular formula is C29H35F3N4O6S. The normalized spacial score (nSPS) is 17.2. The molecule has 0 saturated carbocycles. The minimum Gasteiger partial charge on any atom is -0.406 e. The zero-order chi connectivity index (χ0) is 31.6. The predicted molar refractivity (Wildman–Crippen MR) is 154 cm³/mol. The van der Waals surface area contributed by atoms with Crippen LogP contribution in [0.5, 0.6) is 5.75 Å². The summed E-state index contributed by atoms with van der Waals surface area (Å²) < 4.78 is 69.6. The number of aliphatic hydroxyl groups is 1. The molecule has 14 heteroatoms. The van der Waals surface area contributed by atoms with Crippen LogP contribution in [0.2, 0.25) is 0 Å². The van der Waals surface area contributed by atoms with Crippen molar-refractivity contribution in [1.82, 2.24) is 9.62 Å². The van der Waals surface area contributed by atoms with Crippen LogP contribution >= 0.6 is 0 Å². The number of carbonyl (C=O) groups excluding carboxylic acids is 2. The highest BCUT2D eigenvalue weighted by atomic mass is 32.2. The molecule has 0 aliphatic carbocycles. The third kappa shape index (κ3) is 7.54. The second-order valence-electron chi connectivity index (χ2n) is 11.0. The van der Waals surface area contributed by atoms with Gasteiger partial charge in [0.15, 0.2) is 0 Å². The van der Waals surface area contributed by atoms with Gasteiger partial charge in [-0.2, -0.15) is 0 Å². The number of rotatable bonds is 10. The molecule has 2 aromatic carbocycles. The number of hydrogen-bond donors (Lipinski definition) is 2. The molecule has 43 heavy (non-hydrogen) atoms. The van der Waals surface area contributed by atoms with Gasteiger partial charge in [0.25, 0.3) is 5.91 Å². The van der Waals surface area contributed by atoms with E-state index < -0.39 is 33.6 Å². The average Bonchev–Trinajstić information content (AvgIpc) is 3.25. The molecule has 2 N–H and O–H groups in total. The number of amides is 2. The fourth-order valence-electron chi connectivity index (χ4n) is 5.24. The van der Waals surface area contributed by atoms with Crippen molar-refractivity contribution in [3.63, 3.8) is 0 Å². The van der Waals surface area contributed by atoms with Crippen LogP contribution in [0.4, 0.5) is 18.9 Å². The number of alkyl halides is 3. The van der Waals surface area contributed by atoms with E-state index in [-0.39, 0.29) is 74.5 Å². The first-order valence-electron chi connectivity index (χ1n) is 13.9. The van der Waals surface area contributed by atoms with Crippen LogP contribution in [0, 0.1) is 12.8 Å². The second-order valence-corrected chi connectivity index (χ2v) is 13.1. The number of halogens is 3. The maximum atomic E-state index is 13.2. The van der Waals surface area contributed by atoms with Crippen LogP contribution in [0.15, 0.2) is 47.5 Å². The Balaban J connectivity index is 1.40. The molecule has 2 aliphatic rings. The molecule has 1 fully saturated rings. The largest absolute Gasteiger partial charge is 0.573 e. The highest BCUT2D eigenvalue weighted by Crippen LogP contribution is 2.33. The molecule has 2 aliphatic heterocycles. The van der Waals surface area contributed by atoms with Crippen LogP contribution in [-0.2, 0) is 26.0 Å². The van der Waals surface area contributed by atoms with Crippen LogP contribution in [0.1, 0.15) is 43.4 Å². The summed E-state index contributed by atoms with van der Waals surface area (Å²) in [5.41, 5.74) is 1.30. The van der Waals surface area contributed by atoms with E-state index in [1.807, 2.05) is 13.0 Å². The standard InChI is InChI=1S/C29H35F3N4O6S/c1-19(2)26(38)36(14-15-37)23-8-7-21(20(3)17-23)9-16-43(40,41)35-12-10-28(11-13-35)27(39)33-25(34-28)22-5-4-6-24(18-22)42-29(30,31)32/h4-8,17-19,37H,9-16H2,1-3H3,(H,33,34,39).